The molecule has 0 aromatic heterocycles. The Bertz CT molecular complexity index is 665. The first-order valence-corrected chi connectivity index (χ1v) is 7.27. The van der Waals surface area contributed by atoms with Gasteiger partial charge >= 0.3 is 0 Å². The fourth-order valence-corrected chi connectivity index (χ4v) is 3.20. The monoisotopic (exact) mass is 280 g/mol. The van der Waals surface area contributed by atoms with Crippen molar-refractivity contribution >= 4 is 5.78 Å². The highest BCUT2D eigenvalue weighted by molar-refractivity contribution is 5.98. The maximum atomic E-state index is 12.7. The van der Waals surface area contributed by atoms with Gasteiger partial charge in [0.1, 0.15) is 0 Å². The van der Waals surface area contributed by atoms with Crippen LogP contribution >= 0.6 is 0 Å². The van der Waals surface area contributed by atoms with Crippen LogP contribution in [0.1, 0.15) is 27.6 Å². The van der Waals surface area contributed by atoms with E-state index in [0.29, 0.717) is 6.61 Å². The first kappa shape index (κ1) is 12.7. The molecule has 0 amide bonds. The molecule has 0 unspecified atom stereocenters. The van der Waals surface area contributed by atoms with Gasteiger partial charge in [-0.3, -0.25) is 4.79 Å². The highest BCUT2D eigenvalue weighted by atomic mass is 16.7. The molecule has 0 spiro atoms. The zero-order valence-electron chi connectivity index (χ0n) is 11.6. The number of ketones is 1. The highest BCUT2D eigenvalue weighted by Crippen LogP contribution is 2.40. The third-order valence-corrected chi connectivity index (χ3v) is 4.27. The minimum Gasteiger partial charge on any atom is -0.351 e. The van der Waals surface area contributed by atoms with Gasteiger partial charge in [0.2, 0.25) is 0 Å². The van der Waals surface area contributed by atoms with E-state index < -0.39 is 0 Å². The number of benzene rings is 2. The van der Waals surface area contributed by atoms with E-state index in [-0.39, 0.29) is 24.1 Å². The zero-order chi connectivity index (χ0) is 14.2. The van der Waals surface area contributed by atoms with Gasteiger partial charge in [-0.25, -0.2) is 0 Å². The van der Waals surface area contributed by atoms with Crippen LogP contribution in [0.5, 0.6) is 0 Å². The lowest BCUT2D eigenvalue weighted by Crippen LogP contribution is -2.43. The third-order valence-electron chi connectivity index (χ3n) is 4.27. The number of carbonyl (C=O) groups is 1. The average molecular weight is 280 g/mol. The number of rotatable bonds is 2. The van der Waals surface area contributed by atoms with Gasteiger partial charge in [-0.2, -0.15) is 0 Å². The smallest absolute Gasteiger partial charge is 0.171 e. The predicted octanol–water partition coefficient (Wildman–Crippen LogP) is 3.16. The maximum absolute atomic E-state index is 12.7. The van der Waals surface area contributed by atoms with Crippen molar-refractivity contribution in [2.75, 3.05) is 6.61 Å². The van der Waals surface area contributed by atoms with Gasteiger partial charge < -0.3 is 9.47 Å². The Hall–Kier alpha value is -1.97. The SMILES string of the molecule is O=C(c1ccccc1)[C@@H]1CO[C@H]2Cc3ccccc3[C@@H]1O2. The Morgan fingerprint density at radius 1 is 1.00 bits per heavy atom. The summed E-state index contributed by atoms with van der Waals surface area (Å²) in [6.45, 7) is 0.428. The molecular formula is C18H16O3. The van der Waals surface area contributed by atoms with Crippen LogP contribution in [-0.2, 0) is 15.9 Å². The molecule has 4 rings (SSSR count). The van der Waals surface area contributed by atoms with E-state index in [0.717, 1.165) is 17.5 Å². The van der Waals surface area contributed by atoms with Gasteiger partial charge in [0.25, 0.3) is 0 Å². The summed E-state index contributed by atoms with van der Waals surface area (Å²) in [4.78, 5) is 12.7. The Morgan fingerprint density at radius 3 is 2.62 bits per heavy atom. The summed E-state index contributed by atoms with van der Waals surface area (Å²) < 4.78 is 11.7. The molecule has 1 saturated heterocycles. The number of hydrogen-bond acceptors (Lipinski definition) is 3. The Labute approximate surface area is 123 Å². The standard InChI is InChI=1S/C18H16O3/c19-17(12-6-2-1-3-7-12)15-11-20-16-10-13-8-4-5-9-14(13)18(15)21-16/h1-9,15-16,18H,10-11H2/t15-,16+,18-/m0/s1. The molecule has 2 aromatic carbocycles. The molecule has 3 atom stereocenters. The molecule has 2 bridgehead atoms. The largest absolute Gasteiger partial charge is 0.351 e. The minimum absolute atomic E-state index is 0.0933. The van der Waals surface area contributed by atoms with Crippen molar-refractivity contribution in [3.63, 3.8) is 0 Å². The Balaban J connectivity index is 1.71. The van der Waals surface area contributed by atoms with E-state index in [1.165, 1.54) is 5.56 Å². The zero-order valence-corrected chi connectivity index (χ0v) is 11.6. The molecule has 21 heavy (non-hydrogen) atoms. The van der Waals surface area contributed by atoms with E-state index in [9.17, 15) is 4.79 Å². The number of Topliss-reactive ketones (excluding diaryl/α,β-unsaturated/α-hetero) is 1. The summed E-state index contributed by atoms with van der Waals surface area (Å²) in [5.74, 6) is -0.180. The third kappa shape index (κ3) is 2.19. The molecule has 0 aliphatic carbocycles. The normalized spacial score (nSPS) is 27.0. The first-order valence-electron chi connectivity index (χ1n) is 7.27. The van der Waals surface area contributed by atoms with Crippen LogP contribution in [-0.4, -0.2) is 18.7 Å². The lowest BCUT2D eigenvalue weighted by atomic mass is 9.84. The molecule has 2 aliphatic heterocycles. The Morgan fingerprint density at radius 2 is 1.76 bits per heavy atom. The molecule has 2 aromatic rings. The second-order valence-electron chi connectivity index (χ2n) is 5.56. The van der Waals surface area contributed by atoms with Gasteiger partial charge in [0.05, 0.1) is 18.6 Å². The van der Waals surface area contributed by atoms with Crippen LogP contribution in [0.15, 0.2) is 54.6 Å². The number of fused-ring (bicyclic) bond motifs is 4. The van der Waals surface area contributed by atoms with Crippen molar-refractivity contribution in [2.24, 2.45) is 5.92 Å². The molecule has 2 aliphatic rings. The van der Waals surface area contributed by atoms with Gasteiger partial charge in [-0.1, -0.05) is 54.6 Å². The van der Waals surface area contributed by atoms with E-state index in [1.807, 2.05) is 42.5 Å². The molecule has 0 saturated carbocycles. The molecule has 0 radical (unpaired) electrons. The van der Waals surface area contributed by atoms with Crippen LogP contribution in [0.4, 0.5) is 0 Å². The summed E-state index contributed by atoms with van der Waals surface area (Å²) in [5, 5.41) is 0. The van der Waals surface area contributed by atoms with E-state index in [4.69, 9.17) is 9.47 Å². The van der Waals surface area contributed by atoms with E-state index >= 15 is 0 Å². The van der Waals surface area contributed by atoms with Crippen LogP contribution in [0.25, 0.3) is 0 Å². The summed E-state index contributed by atoms with van der Waals surface area (Å²) in [6, 6.07) is 17.6. The fourth-order valence-electron chi connectivity index (χ4n) is 3.20. The van der Waals surface area contributed by atoms with Crippen molar-refractivity contribution in [3.05, 3.63) is 71.3 Å². The molecule has 0 N–H and O–H groups in total. The van der Waals surface area contributed by atoms with Gasteiger partial charge in [-0.05, 0) is 11.1 Å². The van der Waals surface area contributed by atoms with E-state index in [2.05, 4.69) is 12.1 Å². The average Bonchev–Trinajstić information content (AvgIpc) is 2.55. The highest BCUT2D eigenvalue weighted by Gasteiger charge is 2.41. The van der Waals surface area contributed by atoms with Crippen molar-refractivity contribution in [1.29, 1.82) is 0 Å². The quantitative estimate of drug-likeness (QED) is 0.793. The lowest BCUT2D eigenvalue weighted by Gasteiger charge is -2.40. The van der Waals surface area contributed by atoms with Gasteiger partial charge in [-0.15, -0.1) is 0 Å². The minimum atomic E-state index is -0.273. The topological polar surface area (TPSA) is 35.5 Å². The van der Waals surface area contributed by atoms with Gasteiger partial charge in [0.15, 0.2) is 12.1 Å². The number of ether oxygens (including phenoxy) is 2. The van der Waals surface area contributed by atoms with Crippen LogP contribution < -0.4 is 0 Å². The number of hydrogen-bond donors (Lipinski definition) is 0. The fraction of sp³-hybridized carbons (Fsp3) is 0.278. The second kappa shape index (κ2) is 5.10. The van der Waals surface area contributed by atoms with Gasteiger partial charge in [0, 0.05) is 12.0 Å². The maximum Gasteiger partial charge on any atom is 0.171 e. The number of carbonyl (C=O) groups excluding carboxylic acids is 1. The van der Waals surface area contributed by atoms with Crippen LogP contribution in [0.3, 0.4) is 0 Å². The first-order chi connectivity index (χ1) is 10.3. The van der Waals surface area contributed by atoms with Crippen molar-refractivity contribution < 1.29 is 14.3 Å². The summed E-state index contributed by atoms with van der Waals surface area (Å²) >= 11 is 0. The van der Waals surface area contributed by atoms with Crippen molar-refractivity contribution in [2.45, 2.75) is 18.8 Å². The van der Waals surface area contributed by atoms with Crippen molar-refractivity contribution in [3.8, 4) is 0 Å². The molecule has 2 heterocycles. The lowest BCUT2D eigenvalue weighted by molar-refractivity contribution is -0.236. The molecule has 1 fully saturated rings. The van der Waals surface area contributed by atoms with Crippen molar-refractivity contribution in [1.82, 2.24) is 0 Å². The molecule has 3 heteroatoms. The molecular weight excluding hydrogens is 264 g/mol. The Kier molecular flexibility index (Phi) is 3.09. The summed E-state index contributed by atoms with van der Waals surface area (Å²) in [6.07, 6.45) is 0.352. The predicted molar refractivity (Wildman–Crippen MR) is 78.0 cm³/mol. The summed E-state index contributed by atoms with van der Waals surface area (Å²) in [7, 11) is 0. The van der Waals surface area contributed by atoms with Crippen LogP contribution in [0.2, 0.25) is 0 Å². The van der Waals surface area contributed by atoms with E-state index in [1.54, 1.807) is 0 Å². The molecule has 3 nitrogen and oxygen atoms in total. The summed E-state index contributed by atoms with van der Waals surface area (Å²) in [5.41, 5.74) is 3.08. The second-order valence-corrected chi connectivity index (χ2v) is 5.56. The molecule has 106 valence electrons. The van der Waals surface area contributed by atoms with Crippen LogP contribution in [0, 0.1) is 5.92 Å².